The number of rotatable bonds is 4. The van der Waals surface area contributed by atoms with Gasteiger partial charge in [0.15, 0.2) is 0 Å². The second kappa shape index (κ2) is 5.50. The third kappa shape index (κ3) is 3.20. The summed E-state index contributed by atoms with van der Waals surface area (Å²) in [5, 5.41) is 13.4. The highest BCUT2D eigenvalue weighted by atomic mass is 35.5. The van der Waals surface area contributed by atoms with Gasteiger partial charge in [-0.05, 0) is 37.3 Å². The first-order valence-corrected chi connectivity index (χ1v) is 7.01. The number of thiophene rings is 1. The lowest BCUT2D eigenvalue weighted by Crippen LogP contribution is -2.30. The summed E-state index contributed by atoms with van der Waals surface area (Å²) in [5.41, 5.74) is 0. The zero-order valence-electron chi connectivity index (χ0n) is 9.45. The summed E-state index contributed by atoms with van der Waals surface area (Å²) in [6, 6.07) is 4.32. The molecule has 3 atom stereocenters. The van der Waals surface area contributed by atoms with Crippen LogP contribution >= 0.6 is 22.9 Å². The lowest BCUT2D eigenvalue weighted by molar-refractivity contribution is 0.173. The summed E-state index contributed by atoms with van der Waals surface area (Å²) < 4.78 is 0.739. The van der Waals surface area contributed by atoms with Crippen LogP contribution < -0.4 is 5.32 Å². The van der Waals surface area contributed by atoms with Crippen LogP contribution in [0.3, 0.4) is 0 Å². The van der Waals surface area contributed by atoms with Crippen LogP contribution in [-0.2, 0) is 0 Å². The molecule has 16 heavy (non-hydrogen) atoms. The zero-order valence-corrected chi connectivity index (χ0v) is 11.0. The number of nitrogens with one attached hydrogen (secondary N) is 1. The van der Waals surface area contributed by atoms with Gasteiger partial charge in [0, 0.05) is 17.5 Å². The maximum atomic E-state index is 9.95. The van der Waals surface area contributed by atoms with Gasteiger partial charge in [-0.1, -0.05) is 18.5 Å². The molecule has 0 amide bonds. The monoisotopic (exact) mass is 259 g/mol. The van der Waals surface area contributed by atoms with Crippen LogP contribution in [0.4, 0.5) is 0 Å². The third-order valence-electron chi connectivity index (χ3n) is 3.22. The van der Waals surface area contributed by atoms with Crippen molar-refractivity contribution in [2.45, 2.75) is 38.3 Å². The van der Waals surface area contributed by atoms with E-state index >= 15 is 0 Å². The molecular formula is C12H18ClNOS. The molecule has 90 valence electrons. The smallest absolute Gasteiger partial charge is 0.101 e. The van der Waals surface area contributed by atoms with Crippen molar-refractivity contribution >= 4 is 22.9 Å². The molecule has 4 heteroatoms. The van der Waals surface area contributed by atoms with Gasteiger partial charge < -0.3 is 10.4 Å². The fourth-order valence-electron chi connectivity index (χ4n) is 2.28. The molecule has 3 unspecified atom stereocenters. The lowest BCUT2D eigenvalue weighted by atomic mass is 10.1. The van der Waals surface area contributed by atoms with Crippen LogP contribution in [0.15, 0.2) is 12.1 Å². The number of aliphatic hydroxyl groups excluding tert-OH is 1. The first-order valence-electron chi connectivity index (χ1n) is 5.82. The number of hydrogen-bond acceptors (Lipinski definition) is 3. The predicted octanol–water partition coefficient (Wildman–Crippen LogP) is 3.21. The van der Waals surface area contributed by atoms with Gasteiger partial charge in [-0.3, -0.25) is 0 Å². The fraction of sp³-hybridized carbons (Fsp3) is 0.667. The Bertz CT molecular complexity index is 342. The summed E-state index contributed by atoms with van der Waals surface area (Å²) in [5.74, 6) is 0.825. The van der Waals surface area contributed by atoms with Crippen LogP contribution in [0, 0.1) is 5.92 Å². The van der Waals surface area contributed by atoms with Crippen molar-refractivity contribution in [1.29, 1.82) is 0 Å². The molecule has 0 saturated heterocycles. The van der Waals surface area contributed by atoms with Crippen molar-refractivity contribution in [3.63, 3.8) is 0 Å². The maximum absolute atomic E-state index is 9.95. The van der Waals surface area contributed by atoms with Gasteiger partial charge in [0.25, 0.3) is 0 Å². The lowest BCUT2D eigenvalue weighted by Gasteiger charge is -2.15. The average Bonchev–Trinajstić information content (AvgIpc) is 2.84. The van der Waals surface area contributed by atoms with E-state index in [-0.39, 0.29) is 0 Å². The molecule has 0 spiro atoms. The summed E-state index contributed by atoms with van der Waals surface area (Å²) in [6.07, 6.45) is 3.35. The molecule has 1 aliphatic carbocycles. The molecule has 0 bridgehead atoms. The molecule has 0 aliphatic heterocycles. The van der Waals surface area contributed by atoms with Gasteiger partial charge in [-0.2, -0.15) is 0 Å². The summed E-state index contributed by atoms with van der Waals surface area (Å²) in [6.45, 7) is 2.92. The topological polar surface area (TPSA) is 32.3 Å². The van der Waals surface area contributed by atoms with E-state index in [1.54, 1.807) is 0 Å². The van der Waals surface area contributed by atoms with E-state index in [0.29, 0.717) is 12.6 Å². The normalized spacial score (nSPS) is 27.2. The Labute approximate surface area is 106 Å². The van der Waals surface area contributed by atoms with Crippen molar-refractivity contribution < 1.29 is 5.11 Å². The Kier molecular flexibility index (Phi) is 4.25. The minimum absolute atomic E-state index is 0.423. The van der Waals surface area contributed by atoms with E-state index in [4.69, 9.17) is 11.6 Å². The third-order valence-corrected chi connectivity index (χ3v) is 4.55. The van der Waals surface area contributed by atoms with E-state index in [1.807, 2.05) is 12.1 Å². The Morgan fingerprint density at radius 2 is 2.38 bits per heavy atom. The Hall–Kier alpha value is -0.0900. The van der Waals surface area contributed by atoms with E-state index in [9.17, 15) is 5.11 Å². The van der Waals surface area contributed by atoms with Gasteiger partial charge in [-0.25, -0.2) is 0 Å². The Morgan fingerprint density at radius 3 is 2.94 bits per heavy atom. The SMILES string of the molecule is CC1CCC(NCC(O)c2ccc(Cl)s2)C1. The van der Waals surface area contributed by atoms with E-state index in [2.05, 4.69) is 12.2 Å². The van der Waals surface area contributed by atoms with Gasteiger partial charge in [0.1, 0.15) is 6.10 Å². The molecule has 2 rings (SSSR count). The quantitative estimate of drug-likeness (QED) is 0.870. The van der Waals surface area contributed by atoms with Gasteiger partial charge in [0.05, 0.1) is 4.34 Å². The van der Waals surface area contributed by atoms with E-state index in [0.717, 1.165) is 15.1 Å². The fourth-order valence-corrected chi connectivity index (χ4v) is 3.33. The van der Waals surface area contributed by atoms with Crippen LogP contribution in [0.2, 0.25) is 4.34 Å². The van der Waals surface area contributed by atoms with Crippen LogP contribution in [0.25, 0.3) is 0 Å². The van der Waals surface area contributed by atoms with Crippen molar-refractivity contribution in [3.05, 3.63) is 21.3 Å². The van der Waals surface area contributed by atoms with Crippen LogP contribution in [-0.4, -0.2) is 17.7 Å². The Morgan fingerprint density at radius 1 is 1.56 bits per heavy atom. The summed E-state index contributed by atoms with van der Waals surface area (Å²) >= 11 is 7.29. The minimum atomic E-state index is -0.423. The maximum Gasteiger partial charge on any atom is 0.101 e. The van der Waals surface area contributed by atoms with E-state index < -0.39 is 6.10 Å². The van der Waals surface area contributed by atoms with Crippen LogP contribution in [0.5, 0.6) is 0 Å². The average molecular weight is 260 g/mol. The van der Waals surface area contributed by atoms with Crippen molar-refractivity contribution in [2.24, 2.45) is 5.92 Å². The summed E-state index contributed by atoms with van der Waals surface area (Å²) in [7, 11) is 0. The Balaban J connectivity index is 1.77. The molecule has 2 N–H and O–H groups in total. The van der Waals surface area contributed by atoms with E-state index in [1.165, 1.54) is 30.6 Å². The number of aliphatic hydroxyl groups is 1. The van der Waals surface area contributed by atoms with Crippen molar-refractivity contribution in [3.8, 4) is 0 Å². The molecule has 1 aromatic heterocycles. The minimum Gasteiger partial charge on any atom is -0.386 e. The largest absolute Gasteiger partial charge is 0.386 e. The molecule has 1 saturated carbocycles. The molecule has 0 radical (unpaired) electrons. The molecule has 1 aliphatic rings. The van der Waals surface area contributed by atoms with Gasteiger partial charge in [0.2, 0.25) is 0 Å². The molecule has 0 aromatic carbocycles. The molecule has 1 heterocycles. The second-order valence-corrected chi connectivity index (χ2v) is 6.43. The first kappa shape index (κ1) is 12.4. The zero-order chi connectivity index (χ0) is 11.5. The molecular weight excluding hydrogens is 242 g/mol. The van der Waals surface area contributed by atoms with Gasteiger partial charge >= 0.3 is 0 Å². The number of hydrogen-bond donors (Lipinski definition) is 2. The summed E-state index contributed by atoms with van der Waals surface area (Å²) in [4.78, 5) is 0.948. The van der Waals surface area contributed by atoms with Crippen molar-refractivity contribution in [1.82, 2.24) is 5.32 Å². The van der Waals surface area contributed by atoms with Crippen LogP contribution in [0.1, 0.15) is 37.2 Å². The second-order valence-electron chi connectivity index (χ2n) is 4.68. The molecule has 2 nitrogen and oxygen atoms in total. The first-order chi connectivity index (χ1) is 7.65. The highest BCUT2D eigenvalue weighted by Gasteiger charge is 2.21. The molecule has 1 fully saturated rings. The van der Waals surface area contributed by atoms with Crippen molar-refractivity contribution in [2.75, 3.05) is 6.54 Å². The highest BCUT2D eigenvalue weighted by Crippen LogP contribution is 2.28. The van der Waals surface area contributed by atoms with Gasteiger partial charge in [-0.15, -0.1) is 11.3 Å². The predicted molar refractivity (Wildman–Crippen MR) is 69.1 cm³/mol. The highest BCUT2D eigenvalue weighted by molar-refractivity contribution is 7.16. The standard InChI is InChI=1S/C12H18ClNOS/c1-8-2-3-9(6-8)14-7-10(15)11-4-5-12(13)16-11/h4-5,8-10,14-15H,2-3,6-7H2,1H3. The number of halogens is 1. The molecule has 1 aromatic rings.